The molecule has 5 heteroatoms. The lowest BCUT2D eigenvalue weighted by Crippen LogP contribution is -2.32. The van der Waals surface area contributed by atoms with E-state index in [2.05, 4.69) is 5.32 Å². The third kappa shape index (κ3) is 3.46. The number of hydrogen-bond acceptors (Lipinski definition) is 2. The first-order chi connectivity index (χ1) is 8.57. The van der Waals surface area contributed by atoms with Crippen molar-refractivity contribution in [1.29, 1.82) is 0 Å². The minimum Gasteiger partial charge on any atom is -0.373 e. The molecule has 0 saturated carbocycles. The maximum Gasteiger partial charge on any atom is 0.416 e. The van der Waals surface area contributed by atoms with E-state index in [-0.39, 0.29) is 18.3 Å². The molecule has 0 atom stereocenters. The van der Waals surface area contributed by atoms with Gasteiger partial charge in [0.2, 0.25) is 0 Å². The molecule has 1 saturated heterocycles. The van der Waals surface area contributed by atoms with Gasteiger partial charge in [0, 0.05) is 0 Å². The summed E-state index contributed by atoms with van der Waals surface area (Å²) in [6, 6.07) is 5.58. The van der Waals surface area contributed by atoms with E-state index in [1.807, 2.05) is 0 Å². The van der Waals surface area contributed by atoms with Crippen molar-refractivity contribution in [1.82, 2.24) is 5.32 Å². The summed E-state index contributed by atoms with van der Waals surface area (Å²) in [6.45, 7) is 1.76. The summed E-state index contributed by atoms with van der Waals surface area (Å²) in [4.78, 5) is 0. The number of nitrogens with one attached hydrogen (secondary N) is 1. The van der Waals surface area contributed by atoms with Crippen molar-refractivity contribution >= 4 is 0 Å². The van der Waals surface area contributed by atoms with E-state index < -0.39 is 11.7 Å². The fraction of sp³-hybridized carbons (Fsp3) is 0.538. The van der Waals surface area contributed by atoms with Crippen molar-refractivity contribution in [2.24, 2.45) is 0 Å². The van der Waals surface area contributed by atoms with Crippen LogP contribution in [-0.2, 0) is 17.5 Å². The number of ether oxygens (including phenoxy) is 1. The molecule has 1 aliphatic heterocycles. The van der Waals surface area contributed by atoms with Crippen LogP contribution in [0.1, 0.15) is 24.0 Å². The Bertz CT molecular complexity index is 386. The normalized spacial score (nSPS) is 17.9. The topological polar surface area (TPSA) is 21.3 Å². The molecule has 0 unspecified atom stereocenters. The molecule has 1 aromatic carbocycles. The van der Waals surface area contributed by atoms with Gasteiger partial charge < -0.3 is 10.1 Å². The van der Waals surface area contributed by atoms with Crippen LogP contribution in [0.4, 0.5) is 13.2 Å². The molecule has 18 heavy (non-hydrogen) atoms. The zero-order valence-corrected chi connectivity index (χ0v) is 9.96. The molecular weight excluding hydrogens is 243 g/mol. The fourth-order valence-electron chi connectivity index (χ4n) is 2.09. The van der Waals surface area contributed by atoms with Crippen molar-refractivity contribution in [2.45, 2.75) is 31.7 Å². The summed E-state index contributed by atoms with van der Waals surface area (Å²) < 4.78 is 43.8. The van der Waals surface area contributed by atoms with Crippen LogP contribution in [0.2, 0.25) is 0 Å². The van der Waals surface area contributed by atoms with Crippen molar-refractivity contribution in [3.8, 4) is 0 Å². The Labute approximate surface area is 104 Å². The highest BCUT2D eigenvalue weighted by Gasteiger charge is 2.33. The molecule has 1 fully saturated rings. The number of rotatable bonds is 3. The zero-order valence-electron chi connectivity index (χ0n) is 9.96. The molecule has 0 radical (unpaired) electrons. The highest BCUT2D eigenvalue weighted by molar-refractivity contribution is 5.28. The van der Waals surface area contributed by atoms with Crippen molar-refractivity contribution in [2.75, 3.05) is 13.1 Å². The van der Waals surface area contributed by atoms with Crippen molar-refractivity contribution < 1.29 is 17.9 Å². The summed E-state index contributed by atoms with van der Waals surface area (Å²) in [5.74, 6) is 0. The Morgan fingerprint density at radius 3 is 2.50 bits per heavy atom. The van der Waals surface area contributed by atoms with E-state index in [9.17, 15) is 13.2 Å². The monoisotopic (exact) mass is 259 g/mol. The Kier molecular flexibility index (Phi) is 4.24. The van der Waals surface area contributed by atoms with Gasteiger partial charge in [-0.2, -0.15) is 13.2 Å². The highest BCUT2D eigenvalue weighted by atomic mass is 19.4. The molecule has 100 valence electrons. The second-order valence-corrected chi connectivity index (χ2v) is 4.42. The van der Waals surface area contributed by atoms with E-state index in [0.717, 1.165) is 32.0 Å². The molecule has 0 aromatic heterocycles. The molecule has 1 aliphatic rings. The standard InChI is InChI=1S/C13H16F3NO/c14-13(15,16)12-4-2-1-3-10(12)9-18-11-5-7-17-8-6-11/h1-4,11,17H,5-9H2. The highest BCUT2D eigenvalue weighted by Crippen LogP contribution is 2.32. The fourth-order valence-corrected chi connectivity index (χ4v) is 2.09. The molecule has 0 bridgehead atoms. The van der Waals surface area contributed by atoms with Gasteiger partial charge in [-0.3, -0.25) is 0 Å². The predicted octanol–water partition coefficient (Wildman–Crippen LogP) is 2.97. The number of hydrogen-bond donors (Lipinski definition) is 1. The van der Waals surface area contributed by atoms with Crippen LogP contribution < -0.4 is 5.32 Å². The molecule has 2 rings (SSSR count). The van der Waals surface area contributed by atoms with Gasteiger partial charge >= 0.3 is 6.18 Å². The first kappa shape index (κ1) is 13.4. The summed E-state index contributed by atoms with van der Waals surface area (Å²) in [7, 11) is 0. The SMILES string of the molecule is FC(F)(F)c1ccccc1COC1CCNCC1. The quantitative estimate of drug-likeness (QED) is 0.901. The third-order valence-electron chi connectivity index (χ3n) is 3.08. The molecule has 1 N–H and O–H groups in total. The average Bonchev–Trinajstić information content (AvgIpc) is 2.37. The summed E-state index contributed by atoms with van der Waals surface area (Å²) in [5, 5.41) is 3.19. The Morgan fingerprint density at radius 2 is 1.83 bits per heavy atom. The van der Waals surface area contributed by atoms with Gasteiger partial charge in [-0.05, 0) is 37.6 Å². The number of alkyl halides is 3. The Hall–Kier alpha value is -1.07. The lowest BCUT2D eigenvalue weighted by Gasteiger charge is -2.23. The summed E-state index contributed by atoms with van der Waals surface area (Å²) in [6.07, 6.45) is -2.54. The van der Waals surface area contributed by atoms with E-state index in [0.29, 0.717) is 0 Å². The van der Waals surface area contributed by atoms with E-state index >= 15 is 0 Å². The minimum absolute atomic E-state index is 0.0281. The molecule has 2 nitrogen and oxygen atoms in total. The first-order valence-electron chi connectivity index (χ1n) is 6.05. The lowest BCUT2D eigenvalue weighted by atomic mass is 10.1. The smallest absolute Gasteiger partial charge is 0.373 e. The van der Waals surface area contributed by atoms with Crippen LogP contribution in [0.25, 0.3) is 0 Å². The van der Waals surface area contributed by atoms with Gasteiger partial charge in [-0.15, -0.1) is 0 Å². The Morgan fingerprint density at radius 1 is 1.17 bits per heavy atom. The molecule has 0 spiro atoms. The first-order valence-corrected chi connectivity index (χ1v) is 6.05. The number of piperidine rings is 1. The van der Waals surface area contributed by atoms with E-state index in [1.165, 1.54) is 12.1 Å². The van der Waals surface area contributed by atoms with Gasteiger partial charge in [0.15, 0.2) is 0 Å². The van der Waals surface area contributed by atoms with Crippen LogP contribution in [0.5, 0.6) is 0 Å². The molecule has 0 amide bonds. The van der Waals surface area contributed by atoms with Crippen LogP contribution in [0, 0.1) is 0 Å². The van der Waals surface area contributed by atoms with Crippen LogP contribution >= 0.6 is 0 Å². The Balaban J connectivity index is 2.00. The maximum atomic E-state index is 12.7. The average molecular weight is 259 g/mol. The van der Waals surface area contributed by atoms with E-state index in [1.54, 1.807) is 6.07 Å². The van der Waals surface area contributed by atoms with Gasteiger partial charge in [0.05, 0.1) is 18.3 Å². The molecule has 1 aromatic rings. The molecular formula is C13H16F3NO. The lowest BCUT2D eigenvalue weighted by molar-refractivity contribution is -0.139. The van der Waals surface area contributed by atoms with Crippen LogP contribution in [0.15, 0.2) is 24.3 Å². The number of benzene rings is 1. The van der Waals surface area contributed by atoms with Gasteiger partial charge in [-0.1, -0.05) is 18.2 Å². The molecule has 0 aliphatic carbocycles. The van der Waals surface area contributed by atoms with Crippen LogP contribution in [0.3, 0.4) is 0 Å². The predicted molar refractivity (Wildman–Crippen MR) is 62.1 cm³/mol. The maximum absolute atomic E-state index is 12.7. The second kappa shape index (κ2) is 5.71. The van der Waals surface area contributed by atoms with Gasteiger partial charge in [0.1, 0.15) is 0 Å². The van der Waals surface area contributed by atoms with Crippen molar-refractivity contribution in [3.63, 3.8) is 0 Å². The van der Waals surface area contributed by atoms with Crippen LogP contribution in [-0.4, -0.2) is 19.2 Å². The number of halogens is 3. The largest absolute Gasteiger partial charge is 0.416 e. The molecule has 1 heterocycles. The summed E-state index contributed by atoms with van der Waals surface area (Å²) in [5.41, 5.74) is -0.387. The van der Waals surface area contributed by atoms with Crippen molar-refractivity contribution in [3.05, 3.63) is 35.4 Å². The minimum atomic E-state index is -4.31. The van der Waals surface area contributed by atoms with E-state index in [4.69, 9.17) is 4.74 Å². The zero-order chi connectivity index (χ0) is 13.0. The summed E-state index contributed by atoms with van der Waals surface area (Å²) >= 11 is 0. The second-order valence-electron chi connectivity index (χ2n) is 4.42. The van der Waals surface area contributed by atoms with Gasteiger partial charge in [-0.25, -0.2) is 0 Å². The van der Waals surface area contributed by atoms with Gasteiger partial charge in [0.25, 0.3) is 0 Å². The third-order valence-corrected chi connectivity index (χ3v) is 3.08.